The molecule has 0 aliphatic rings. The van der Waals surface area contributed by atoms with Crippen molar-refractivity contribution in [2.45, 2.75) is 31.7 Å². The van der Waals surface area contributed by atoms with E-state index in [-0.39, 0.29) is 28.4 Å². The van der Waals surface area contributed by atoms with Crippen molar-refractivity contribution in [3.63, 3.8) is 0 Å². The number of amides is 1. The monoisotopic (exact) mass is 329 g/mol. The number of hydrogen-bond donors (Lipinski definition) is 3. The topological polar surface area (TPSA) is 101 Å². The van der Waals surface area contributed by atoms with Crippen LogP contribution in [0.4, 0.5) is 0 Å². The van der Waals surface area contributed by atoms with E-state index in [9.17, 15) is 13.2 Å². The van der Waals surface area contributed by atoms with Crippen LogP contribution in [0.1, 0.15) is 25.0 Å². The second kappa shape index (κ2) is 6.97. The third-order valence-electron chi connectivity index (χ3n) is 2.65. The molecule has 4 N–H and O–H groups in total. The molecule has 0 heterocycles. The van der Waals surface area contributed by atoms with Crippen LogP contribution in [0.25, 0.3) is 0 Å². The van der Waals surface area contributed by atoms with Crippen LogP contribution in [-0.2, 0) is 14.8 Å². The van der Waals surface area contributed by atoms with Crippen LogP contribution in [0.3, 0.4) is 0 Å². The Kier molecular flexibility index (Phi) is 5.82. The van der Waals surface area contributed by atoms with Crippen LogP contribution < -0.4 is 15.8 Å². The zero-order chi connectivity index (χ0) is 16.2. The van der Waals surface area contributed by atoms with Crippen molar-refractivity contribution in [1.29, 1.82) is 0 Å². The third kappa shape index (κ3) is 5.07. The molecule has 0 spiro atoms. The number of nitrogens with two attached hydrogens (primary N) is 1. The average molecular weight is 329 g/mol. The standard InChI is InChI=1S/C13H19N3O3S2/c1-8(2)16-12(17)7-15-21(18,19)10-4-5-11(13(14)20)9(3)6-10/h4-6,8,15H,7H2,1-3H3,(H2,14,20)(H,16,17). The molecule has 0 aliphatic carbocycles. The van der Waals surface area contributed by atoms with E-state index in [0.29, 0.717) is 11.1 Å². The number of nitrogens with one attached hydrogen (secondary N) is 2. The fraction of sp³-hybridized carbons (Fsp3) is 0.385. The smallest absolute Gasteiger partial charge is 0.241 e. The molecule has 0 fully saturated rings. The molecule has 1 aromatic carbocycles. The molecule has 0 radical (unpaired) electrons. The van der Waals surface area contributed by atoms with E-state index in [4.69, 9.17) is 18.0 Å². The van der Waals surface area contributed by atoms with Crippen LogP contribution >= 0.6 is 12.2 Å². The SMILES string of the molecule is Cc1cc(S(=O)(=O)NCC(=O)NC(C)C)ccc1C(N)=S. The number of aryl methyl sites for hydroxylation is 1. The maximum Gasteiger partial charge on any atom is 0.241 e. The fourth-order valence-corrected chi connectivity index (χ4v) is 2.99. The molecule has 0 bridgehead atoms. The van der Waals surface area contributed by atoms with Crippen molar-refractivity contribution in [3.05, 3.63) is 29.3 Å². The normalized spacial score (nSPS) is 11.4. The van der Waals surface area contributed by atoms with E-state index in [1.807, 2.05) is 0 Å². The third-order valence-corrected chi connectivity index (χ3v) is 4.26. The Morgan fingerprint density at radius 2 is 2.00 bits per heavy atom. The van der Waals surface area contributed by atoms with Gasteiger partial charge in [-0.05, 0) is 38.5 Å². The lowest BCUT2D eigenvalue weighted by molar-refractivity contribution is -0.120. The zero-order valence-electron chi connectivity index (χ0n) is 12.1. The van der Waals surface area contributed by atoms with Crippen molar-refractivity contribution in [2.24, 2.45) is 5.73 Å². The first kappa shape index (κ1) is 17.5. The van der Waals surface area contributed by atoms with Crippen molar-refractivity contribution in [2.75, 3.05) is 6.54 Å². The van der Waals surface area contributed by atoms with E-state index >= 15 is 0 Å². The predicted molar refractivity (Wildman–Crippen MR) is 85.5 cm³/mol. The molecule has 0 atom stereocenters. The van der Waals surface area contributed by atoms with Gasteiger partial charge < -0.3 is 11.1 Å². The number of rotatable bonds is 6. The van der Waals surface area contributed by atoms with Crippen LogP contribution in [0.2, 0.25) is 0 Å². The number of thiocarbonyl (C=S) groups is 1. The quantitative estimate of drug-likeness (QED) is 0.657. The number of carbonyl (C=O) groups is 1. The van der Waals surface area contributed by atoms with Crippen LogP contribution in [0.15, 0.2) is 23.1 Å². The lowest BCUT2D eigenvalue weighted by Gasteiger charge is -2.11. The first-order chi connectivity index (χ1) is 9.63. The summed E-state index contributed by atoms with van der Waals surface area (Å²) in [5, 5.41) is 2.60. The van der Waals surface area contributed by atoms with Gasteiger partial charge in [0.2, 0.25) is 15.9 Å². The first-order valence-electron chi connectivity index (χ1n) is 6.33. The molecule has 8 heteroatoms. The summed E-state index contributed by atoms with van der Waals surface area (Å²) in [4.78, 5) is 11.7. The highest BCUT2D eigenvalue weighted by Crippen LogP contribution is 2.15. The van der Waals surface area contributed by atoms with Gasteiger partial charge in [0.1, 0.15) is 4.99 Å². The summed E-state index contributed by atoms with van der Waals surface area (Å²) in [6, 6.07) is 4.39. The molecule has 21 heavy (non-hydrogen) atoms. The summed E-state index contributed by atoms with van der Waals surface area (Å²) in [5.74, 6) is -0.384. The van der Waals surface area contributed by atoms with Gasteiger partial charge in [0, 0.05) is 11.6 Å². The Balaban J connectivity index is 2.86. The summed E-state index contributed by atoms with van der Waals surface area (Å²) in [6.07, 6.45) is 0. The highest BCUT2D eigenvalue weighted by molar-refractivity contribution is 7.89. The molecule has 0 aliphatic heterocycles. The fourth-order valence-electron chi connectivity index (χ4n) is 1.70. The average Bonchev–Trinajstić information content (AvgIpc) is 2.35. The summed E-state index contributed by atoms with van der Waals surface area (Å²) in [7, 11) is -3.75. The van der Waals surface area contributed by atoms with Crippen molar-refractivity contribution >= 4 is 33.1 Å². The van der Waals surface area contributed by atoms with Gasteiger partial charge in [-0.15, -0.1) is 0 Å². The van der Waals surface area contributed by atoms with Crippen molar-refractivity contribution in [1.82, 2.24) is 10.0 Å². The molecule has 1 aromatic rings. The zero-order valence-corrected chi connectivity index (χ0v) is 13.8. The second-order valence-corrected chi connectivity index (χ2v) is 7.09. The minimum absolute atomic E-state index is 0.0471. The number of hydrogen-bond acceptors (Lipinski definition) is 4. The molecule has 0 saturated carbocycles. The lowest BCUT2D eigenvalue weighted by Crippen LogP contribution is -2.39. The molecule has 6 nitrogen and oxygen atoms in total. The molecule has 0 unspecified atom stereocenters. The van der Waals surface area contributed by atoms with Crippen LogP contribution in [0.5, 0.6) is 0 Å². The van der Waals surface area contributed by atoms with Gasteiger partial charge in [-0.3, -0.25) is 4.79 Å². The molecule has 1 rings (SSSR count). The maximum absolute atomic E-state index is 12.1. The summed E-state index contributed by atoms with van der Waals surface area (Å²) in [5.41, 5.74) is 6.82. The summed E-state index contributed by atoms with van der Waals surface area (Å²) >= 11 is 4.87. The number of sulfonamides is 1. The summed E-state index contributed by atoms with van der Waals surface area (Å²) < 4.78 is 26.5. The first-order valence-corrected chi connectivity index (χ1v) is 8.22. The minimum atomic E-state index is -3.75. The Labute approximate surface area is 130 Å². The Morgan fingerprint density at radius 1 is 1.38 bits per heavy atom. The van der Waals surface area contributed by atoms with Gasteiger partial charge in [0.05, 0.1) is 11.4 Å². The van der Waals surface area contributed by atoms with Crippen LogP contribution in [0, 0.1) is 6.92 Å². The van der Waals surface area contributed by atoms with Crippen LogP contribution in [-0.4, -0.2) is 31.9 Å². The lowest BCUT2D eigenvalue weighted by atomic mass is 10.1. The maximum atomic E-state index is 12.1. The van der Waals surface area contributed by atoms with E-state index in [2.05, 4.69) is 10.0 Å². The molecule has 116 valence electrons. The summed E-state index contributed by atoms with van der Waals surface area (Å²) in [6.45, 7) is 5.00. The molecular weight excluding hydrogens is 310 g/mol. The van der Waals surface area contributed by atoms with E-state index in [1.165, 1.54) is 12.1 Å². The van der Waals surface area contributed by atoms with Gasteiger partial charge in [-0.2, -0.15) is 0 Å². The van der Waals surface area contributed by atoms with E-state index in [1.54, 1.807) is 26.8 Å². The second-order valence-electron chi connectivity index (χ2n) is 4.89. The largest absolute Gasteiger partial charge is 0.389 e. The number of benzene rings is 1. The Bertz CT molecular complexity index is 655. The van der Waals surface area contributed by atoms with Gasteiger partial charge in [0.15, 0.2) is 0 Å². The predicted octanol–water partition coefficient (Wildman–Crippen LogP) is 0.432. The van der Waals surface area contributed by atoms with Gasteiger partial charge >= 0.3 is 0 Å². The highest BCUT2D eigenvalue weighted by atomic mass is 32.2. The van der Waals surface area contributed by atoms with Gasteiger partial charge in [-0.25, -0.2) is 13.1 Å². The van der Waals surface area contributed by atoms with Gasteiger partial charge in [0.25, 0.3) is 0 Å². The highest BCUT2D eigenvalue weighted by Gasteiger charge is 2.17. The van der Waals surface area contributed by atoms with Crippen molar-refractivity contribution in [3.8, 4) is 0 Å². The Hall–Kier alpha value is -1.51. The van der Waals surface area contributed by atoms with E-state index in [0.717, 1.165) is 0 Å². The molecule has 0 saturated heterocycles. The molecule has 0 aromatic heterocycles. The van der Waals surface area contributed by atoms with E-state index < -0.39 is 10.0 Å². The Morgan fingerprint density at radius 3 is 2.48 bits per heavy atom. The molecular formula is C13H19N3O3S2. The minimum Gasteiger partial charge on any atom is -0.389 e. The van der Waals surface area contributed by atoms with Crippen molar-refractivity contribution < 1.29 is 13.2 Å². The van der Waals surface area contributed by atoms with Gasteiger partial charge in [-0.1, -0.05) is 18.3 Å². The molecule has 1 amide bonds. The number of carbonyl (C=O) groups excluding carboxylic acids is 1.